The van der Waals surface area contributed by atoms with E-state index in [1.807, 2.05) is 41.3 Å². The number of benzene rings is 4. The van der Waals surface area contributed by atoms with Crippen LogP contribution in [-0.2, 0) is 21.1 Å². The van der Waals surface area contributed by atoms with Crippen molar-refractivity contribution in [2.75, 3.05) is 0 Å². The van der Waals surface area contributed by atoms with Gasteiger partial charge in [0.1, 0.15) is 5.82 Å². The molecule has 4 aromatic carbocycles. The minimum atomic E-state index is 0. The molecule has 0 aliphatic heterocycles. The Kier molecular flexibility index (Phi) is 11.3. The van der Waals surface area contributed by atoms with E-state index in [9.17, 15) is 0 Å². The number of fused-ring (bicyclic) bond motifs is 3. The van der Waals surface area contributed by atoms with Crippen molar-refractivity contribution in [3.63, 3.8) is 0 Å². The zero-order valence-electron chi connectivity index (χ0n) is 30.4. The van der Waals surface area contributed by atoms with Crippen LogP contribution >= 0.6 is 0 Å². The third kappa shape index (κ3) is 7.32. The van der Waals surface area contributed by atoms with Crippen LogP contribution in [0.25, 0.3) is 44.4 Å². The molecule has 6 heteroatoms. The fourth-order valence-electron chi connectivity index (χ4n) is 7.34. The largest absolute Gasteiger partial charge is 2.00 e. The van der Waals surface area contributed by atoms with Gasteiger partial charge < -0.3 is 9.30 Å². The Labute approximate surface area is 317 Å². The zero-order valence-corrected chi connectivity index (χ0v) is 32.7. The van der Waals surface area contributed by atoms with Crippen molar-refractivity contribution < 1.29 is 25.8 Å². The number of nitrogens with zero attached hydrogens (tertiary/aromatic N) is 4. The molecule has 0 aliphatic carbocycles. The first-order chi connectivity index (χ1) is 24.4. The average molecular weight is 854 g/mol. The number of pyridine rings is 1. The van der Waals surface area contributed by atoms with Crippen LogP contribution in [0.2, 0.25) is 0 Å². The van der Waals surface area contributed by atoms with Crippen LogP contribution < -0.4 is 4.74 Å². The standard InChI is InChI=1S/C45H46N4O.Pt/c1-7-13-31(5)38-18-12-19-39(32(6)14-8-2)45(38)34-28-47-48(29-34)35-15-11-16-36(26-35)50-37-21-22-41-40-17-9-10-20-42(40)49(43(41)27-37)44-25-33(30(3)4)23-24-46-44;/h9-12,15-25,28-32H,7-8,13-14H2,1-6H3;/q-2;+2. The fraction of sp³-hybridized carbons (Fsp3) is 0.289. The Morgan fingerprint density at radius 1 is 0.745 bits per heavy atom. The second-order valence-corrected chi connectivity index (χ2v) is 13.9. The van der Waals surface area contributed by atoms with E-state index in [1.165, 1.54) is 22.3 Å². The van der Waals surface area contributed by atoms with E-state index in [1.54, 1.807) is 0 Å². The van der Waals surface area contributed by atoms with Crippen molar-refractivity contribution in [2.45, 2.75) is 85.0 Å². The third-order valence-electron chi connectivity index (χ3n) is 9.95. The van der Waals surface area contributed by atoms with Gasteiger partial charge in [-0.1, -0.05) is 96.3 Å². The Morgan fingerprint density at radius 3 is 2.18 bits per heavy atom. The smallest absolute Gasteiger partial charge is 0.509 e. The predicted octanol–water partition coefficient (Wildman–Crippen LogP) is 12.4. The van der Waals surface area contributed by atoms with E-state index in [0.29, 0.717) is 29.3 Å². The summed E-state index contributed by atoms with van der Waals surface area (Å²) in [6, 6.07) is 36.6. The Balaban J connectivity index is 0.00000448. The predicted molar refractivity (Wildman–Crippen MR) is 206 cm³/mol. The first-order valence-electron chi connectivity index (χ1n) is 18.2. The first kappa shape index (κ1) is 36.3. The quantitative estimate of drug-likeness (QED) is 0.115. The summed E-state index contributed by atoms with van der Waals surface area (Å²) in [6.45, 7) is 13.6. The molecule has 0 bridgehead atoms. The Hall–Kier alpha value is -4.47. The minimum absolute atomic E-state index is 0. The summed E-state index contributed by atoms with van der Waals surface area (Å²) in [4.78, 5) is 4.78. The number of rotatable bonds is 12. The van der Waals surface area contributed by atoms with Gasteiger partial charge in [0.05, 0.1) is 6.20 Å². The molecule has 0 spiro atoms. The molecule has 7 rings (SSSR count). The molecule has 0 saturated carbocycles. The monoisotopic (exact) mass is 853 g/mol. The van der Waals surface area contributed by atoms with Gasteiger partial charge >= 0.3 is 21.1 Å². The second-order valence-electron chi connectivity index (χ2n) is 13.9. The van der Waals surface area contributed by atoms with Gasteiger partial charge in [-0.2, -0.15) is 17.2 Å². The van der Waals surface area contributed by atoms with Crippen molar-refractivity contribution in [2.24, 2.45) is 0 Å². The van der Waals surface area contributed by atoms with Crippen LogP contribution in [0.5, 0.6) is 11.5 Å². The summed E-state index contributed by atoms with van der Waals surface area (Å²) >= 11 is 0. The number of hydrogen-bond donors (Lipinski definition) is 0. The van der Waals surface area contributed by atoms with Crippen LogP contribution in [0.15, 0.2) is 104 Å². The molecule has 0 saturated heterocycles. The molecule has 0 amide bonds. The van der Waals surface area contributed by atoms with Gasteiger partial charge in [0.2, 0.25) is 0 Å². The molecule has 0 fully saturated rings. The van der Waals surface area contributed by atoms with Crippen molar-refractivity contribution in [1.82, 2.24) is 19.3 Å². The Bertz CT molecular complexity index is 2230. The third-order valence-corrected chi connectivity index (χ3v) is 9.95. The van der Waals surface area contributed by atoms with Gasteiger partial charge in [0.15, 0.2) is 0 Å². The van der Waals surface area contributed by atoms with E-state index in [4.69, 9.17) is 14.8 Å². The maximum Gasteiger partial charge on any atom is 2.00 e. The van der Waals surface area contributed by atoms with Gasteiger partial charge in [-0.3, -0.25) is 4.68 Å². The van der Waals surface area contributed by atoms with Gasteiger partial charge in [-0.05, 0) is 82.1 Å². The molecule has 51 heavy (non-hydrogen) atoms. The molecule has 0 aliphatic rings. The number of para-hydroxylation sites is 1. The molecule has 2 unspecified atom stereocenters. The van der Waals surface area contributed by atoms with Gasteiger partial charge in [0.25, 0.3) is 0 Å². The second kappa shape index (κ2) is 15.8. The van der Waals surface area contributed by atoms with E-state index in [-0.39, 0.29) is 21.1 Å². The molecule has 0 radical (unpaired) electrons. The van der Waals surface area contributed by atoms with Gasteiger partial charge in [-0.15, -0.1) is 35.7 Å². The minimum Gasteiger partial charge on any atom is -0.509 e. The van der Waals surface area contributed by atoms with Crippen LogP contribution in [0, 0.1) is 12.1 Å². The molecule has 2 atom stereocenters. The average Bonchev–Trinajstić information content (AvgIpc) is 3.75. The van der Waals surface area contributed by atoms with Crippen molar-refractivity contribution >= 4 is 21.8 Å². The summed E-state index contributed by atoms with van der Waals surface area (Å²) < 4.78 is 10.6. The van der Waals surface area contributed by atoms with E-state index >= 15 is 0 Å². The summed E-state index contributed by atoms with van der Waals surface area (Å²) in [5.74, 6) is 3.43. The molecule has 7 aromatic rings. The van der Waals surface area contributed by atoms with Crippen LogP contribution in [0.1, 0.15) is 102 Å². The molecule has 5 nitrogen and oxygen atoms in total. The van der Waals surface area contributed by atoms with Gasteiger partial charge in [0, 0.05) is 35.0 Å². The van der Waals surface area contributed by atoms with Crippen LogP contribution in [0.3, 0.4) is 0 Å². The Morgan fingerprint density at radius 2 is 1.45 bits per heavy atom. The molecule has 0 N–H and O–H groups in total. The van der Waals surface area contributed by atoms with E-state index < -0.39 is 0 Å². The number of aromatic nitrogens is 4. The van der Waals surface area contributed by atoms with Crippen LogP contribution in [0.4, 0.5) is 0 Å². The molecular weight excluding hydrogens is 808 g/mol. The van der Waals surface area contributed by atoms with E-state index in [2.05, 4.69) is 125 Å². The first-order valence-corrected chi connectivity index (χ1v) is 18.2. The van der Waals surface area contributed by atoms with Crippen LogP contribution in [-0.4, -0.2) is 19.3 Å². The van der Waals surface area contributed by atoms with E-state index in [0.717, 1.165) is 64.6 Å². The summed E-state index contributed by atoms with van der Waals surface area (Å²) in [5.41, 5.74) is 9.36. The normalized spacial score (nSPS) is 12.7. The van der Waals surface area contributed by atoms with Gasteiger partial charge in [-0.25, -0.2) is 4.98 Å². The SMILES string of the molecule is CCCC(C)c1cccc(C(C)CCC)c1-c1cnn(-c2[c-]c(Oc3[c-]c4c(cc3)c3ccccc3n4-c3cc(C(C)C)ccn3)ccc2)c1.[Pt+2]. The molecule has 3 aromatic heterocycles. The topological polar surface area (TPSA) is 44.9 Å². The van der Waals surface area contributed by atoms with Crippen molar-refractivity contribution in [3.05, 3.63) is 132 Å². The maximum absolute atomic E-state index is 6.46. The number of hydrogen-bond acceptors (Lipinski definition) is 3. The van der Waals surface area contributed by atoms with Crippen molar-refractivity contribution in [3.8, 4) is 34.1 Å². The fourth-order valence-corrected chi connectivity index (χ4v) is 7.34. The number of ether oxygens (including phenoxy) is 1. The maximum atomic E-state index is 6.46. The zero-order chi connectivity index (χ0) is 34.8. The molecule has 3 heterocycles. The summed E-state index contributed by atoms with van der Waals surface area (Å²) in [7, 11) is 0. The van der Waals surface area contributed by atoms with Crippen molar-refractivity contribution in [1.29, 1.82) is 0 Å². The molecular formula is C45H46N4OPt. The summed E-state index contributed by atoms with van der Waals surface area (Å²) in [6.07, 6.45) is 10.7. The molecule has 262 valence electrons. The summed E-state index contributed by atoms with van der Waals surface area (Å²) in [5, 5.41) is 7.11.